The first-order chi connectivity index (χ1) is 20.2. The molecule has 0 unspecified atom stereocenters. The van der Waals surface area contributed by atoms with Crippen LogP contribution in [0, 0.1) is 5.41 Å². The topological polar surface area (TPSA) is 90.7 Å². The SMILES string of the molecule is C[C@@](O)(CO)c1ccccc1CC[C@@H](SCC1(CC(=O)O)CC1)c1cccc(C=Cc2ccc3ccc(Cl)cc3n2)c1. The minimum absolute atomic E-state index is 0.116. The molecule has 3 N–H and O–H groups in total. The Labute approximate surface area is 256 Å². The van der Waals surface area contributed by atoms with Crippen molar-refractivity contribution >= 4 is 52.4 Å². The Kier molecular flexibility index (Phi) is 9.38. The lowest BCUT2D eigenvalue weighted by atomic mass is 9.89. The van der Waals surface area contributed by atoms with Gasteiger partial charge in [-0.25, -0.2) is 4.98 Å². The number of fused-ring (bicyclic) bond motifs is 1. The second-order valence-corrected chi connectivity index (χ2v) is 13.2. The van der Waals surface area contributed by atoms with E-state index in [-0.39, 0.29) is 23.7 Å². The predicted octanol–water partition coefficient (Wildman–Crippen LogP) is 7.92. The number of pyridine rings is 1. The summed E-state index contributed by atoms with van der Waals surface area (Å²) in [7, 11) is 0. The molecule has 0 radical (unpaired) electrons. The van der Waals surface area contributed by atoms with Crippen molar-refractivity contribution in [3.63, 3.8) is 0 Å². The zero-order valence-corrected chi connectivity index (χ0v) is 25.2. The summed E-state index contributed by atoms with van der Waals surface area (Å²) in [5.41, 5.74) is 4.25. The Hall–Kier alpha value is -3.16. The number of hydrogen-bond acceptors (Lipinski definition) is 5. The third-order valence-electron chi connectivity index (χ3n) is 8.06. The monoisotopic (exact) mass is 601 g/mol. The van der Waals surface area contributed by atoms with Gasteiger partial charge in [-0.1, -0.05) is 78.3 Å². The highest BCUT2D eigenvalue weighted by molar-refractivity contribution is 7.99. The lowest BCUT2D eigenvalue weighted by molar-refractivity contribution is -0.138. The van der Waals surface area contributed by atoms with Crippen LogP contribution in [0.15, 0.2) is 78.9 Å². The number of carbonyl (C=O) groups is 1. The maximum absolute atomic E-state index is 11.5. The fourth-order valence-electron chi connectivity index (χ4n) is 5.37. The van der Waals surface area contributed by atoms with Crippen molar-refractivity contribution in [3.8, 4) is 0 Å². The fraction of sp³-hybridized carbons (Fsp3) is 0.314. The average molecular weight is 602 g/mol. The Balaban J connectivity index is 1.38. The molecule has 0 aliphatic heterocycles. The van der Waals surface area contributed by atoms with Gasteiger partial charge in [-0.2, -0.15) is 11.8 Å². The van der Waals surface area contributed by atoms with E-state index in [4.69, 9.17) is 16.6 Å². The van der Waals surface area contributed by atoms with Crippen LogP contribution >= 0.6 is 23.4 Å². The number of aliphatic hydroxyl groups excluding tert-OH is 1. The zero-order chi connectivity index (χ0) is 29.7. The molecule has 1 aromatic heterocycles. The van der Waals surface area contributed by atoms with Crippen LogP contribution in [-0.2, 0) is 16.8 Å². The van der Waals surface area contributed by atoms with Gasteiger partial charge in [-0.3, -0.25) is 4.79 Å². The molecular formula is C35H36ClNO4S. The van der Waals surface area contributed by atoms with Crippen LogP contribution in [0.5, 0.6) is 0 Å². The second-order valence-electron chi connectivity index (χ2n) is 11.6. The molecule has 3 aromatic carbocycles. The summed E-state index contributed by atoms with van der Waals surface area (Å²) in [6.45, 7) is 1.28. The van der Waals surface area contributed by atoms with Gasteiger partial charge in [-0.15, -0.1) is 0 Å². The molecule has 218 valence electrons. The molecule has 1 heterocycles. The number of thioether (sulfide) groups is 1. The molecule has 0 bridgehead atoms. The van der Waals surface area contributed by atoms with Crippen molar-refractivity contribution in [3.05, 3.63) is 112 Å². The van der Waals surface area contributed by atoms with Crippen molar-refractivity contribution in [1.29, 1.82) is 0 Å². The number of halogens is 1. The van der Waals surface area contributed by atoms with Gasteiger partial charge in [0.2, 0.25) is 0 Å². The molecule has 42 heavy (non-hydrogen) atoms. The van der Waals surface area contributed by atoms with Crippen molar-refractivity contribution < 1.29 is 20.1 Å². The first-order valence-corrected chi connectivity index (χ1v) is 15.7. The Morgan fingerprint density at radius 2 is 1.86 bits per heavy atom. The van der Waals surface area contributed by atoms with E-state index in [9.17, 15) is 20.1 Å². The van der Waals surface area contributed by atoms with Gasteiger partial charge >= 0.3 is 5.97 Å². The quantitative estimate of drug-likeness (QED) is 0.144. The Morgan fingerprint density at radius 1 is 1.07 bits per heavy atom. The number of aromatic nitrogens is 1. The highest BCUT2D eigenvalue weighted by Crippen LogP contribution is 2.53. The van der Waals surface area contributed by atoms with E-state index in [2.05, 4.69) is 30.3 Å². The van der Waals surface area contributed by atoms with E-state index < -0.39 is 11.6 Å². The molecule has 7 heteroatoms. The highest BCUT2D eigenvalue weighted by atomic mass is 35.5. The standard InChI is InChI=1S/C35H36ClNO4S/c1-34(41,22-38)30-8-3-2-6-25(30)12-16-32(42-23-35(17-18-35)21-33(39)40)27-7-4-5-24(19-27)9-14-29-15-11-26-10-13-28(36)20-31(26)37-29/h2-11,13-15,19-20,32,38,41H,12,16-18,21-23H2,1H3,(H,39,40)/t32-,34-/m1/s1. The van der Waals surface area contributed by atoms with E-state index in [1.165, 1.54) is 5.56 Å². The van der Waals surface area contributed by atoms with Crippen LogP contribution in [0.3, 0.4) is 0 Å². The summed E-state index contributed by atoms with van der Waals surface area (Å²) in [6.07, 6.45) is 7.71. The van der Waals surface area contributed by atoms with E-state index >= 15 is 0 Å². The lowest BCUT2D eigenvalue weighted by Crippen LogP contribution is -2.27. The normalized spacial score (nSPS) is 16.4. The minimum Gasteiger partial charge on any atom is -0.481 e. The van der Waals surface area contributed by atoms with Gasteiger partial charge in [0.05, 0.1) is 24.2 Å². The maximum atomic E-state index is 11.5. The highest BCUT2D eigenvalue weighted by Gasteiger charge is 2.44. The fourth-order valence-corrected chi connectivity index (χ4v) is 7.11. The molecule has 2 atom stereocenters. The minimum atomic E-state index is -1.31. The smallest absolute Gasteiger partial charge is 0.303 e. The molecule has 5 rings (SSSR count). The van der Waals surface area contributed by atoms with Crippen LogP contribution in [0.4, 0.5) is 0 Å². The Morgan fingerprint density at radius 3 is 2.62 bits per heavy atom. The van der Waals surface area contributed by atoms with Crippen molar-refractivity contribution in [2.45, 2.75) is 49.9 Å². The molecular weight excluding hydrogens is 566 g/mol. The summed E-state index contributed by atoms with van der Waals surface area (Å²) in [5.74, 6) is 0.0605. The van der Waals surface area contributed by atoms with Crippen LogP contribution in [0.25, 0.3) is 23.1 Å². The van der Waals surface area contributed by atoms with Gasteiger partial charge in [0.1, 0.15) is 5.60 Å². The first-order valence-electron chi connectivity index (χ1n) is 14.3. The third-order valence-corrected chi connectivity index (χ3v) is 9.98. The molecule has 0 amide bonds. The molecule has 1 aliphatic carbocycles. The molecule has 5 nitrogen and oxygen atoms in total. The van der Waals surface area contributed by atoms with Gasteiger partial charge in [0, 0.05) is 21.4 Å². The molecule has 1 saturated carbocycles. The first kappa shape index (κ1) is 30.3. The average Bonchev–Trinajstić information content (AvgIpc) is 3.74. The molecule has 1 aliphatic rings. The van der Waals surface area contributed by atoms with E-state index in [0.29, 0.717) is 5.02 Å². The third kappa shape index (κ3) is 7.61. The largest absolute Gasteiger partial charge is 0.481 e. The van der Waals surface area contributed by atoms with E-state index in [1.807, 2.05) is 72.4 Å². The Bertz CT molecular complexity index is 1600. The molecule has 0 spiro atoms. The van der Waals surface area contributed by atoms with Crippen molar-refractivity contribution in [1.82, 2.24) is 4.98 Å². The molecule has 4 aromatic rings. The number of hydrogen-bond donors (Lipinski definition) is 3. The maximum Gasteiger partial charge on any atom is 0.303 e. The summed E-state index contributed by atoms with van der Waals surface area (Å²) in [5, 5.41) is 31.9. The number of aliphatic hydroxyl groups is 2. The number of aliphatic carboxylic acids is 1. The van der Waals surface area contributed by atoms with Crippen LogP contribution in [0.1, 0.15) is 65.8 Å². The molecule has 0 saturated heterocycles. The van der Waals surface area contributed by atoms with Crippen LogP contribution in [0.2, 0.25) is 5.02 Å². The summed E-state index contributed by atoms with van der Waals surface area (Å²) < 4.78 is 0. The summed E-state index contributed by atoms with van der Waals surface area (Å²) >= 11 is 7.99. The van der Waals surface area contributed by atoms with E-state index in [1.54, 1.807) is 6.92 Å². The number of nitrogens with zero attached hydrogens (tertiary/aromatic N) is 1. The van der Waals surface area contributed by atoms with Gasteiger partial charge in [0.15, 0.2) is 0 Å². The number of carboxylic acid groups (broad SMARTS) is 1. The number of carboxylic acids is 1. The predicted molar refractivity (Wildman–Crippen MR) is 173 cm³/mol. The molecule has 1 fully saturated rings. The van der Waals surface area contributed by atoms with Gasteiger partial charge in [0.25, 0.3) is 0 Å². The van der Waals surface area contributed by atoms with Crippen molar-refractivity contribution in [2.75, 3.05) is 12.4 Å². The zero-order valence-electron chi connectivity index (χ0n) is 23.7. The number of benzene rings is 3. The lowest BCUT2D eigenvalue weighted by Gasteiger charge is -2.25. The van der Waals surface area contributed by atoms with Crippen LogP contribution < -0.4 is 0 Å². The van der Waals surface area contributed by atoms with Gasteiger partial charge in [-0.05, 0) is 84.6 Å². The van der Waals surface area contributed by atoms with E-state index in [0.717, 1.165) is 64.7 Å². The summed E-state index contributed by atoms with van der Waals surface area (Å²) in [6, 6.07) is 25.9. The summed E-state index contributed by atoms with van der Waals surface area (Å²) in [4.78, 5) is 16.2. The van der Waals surface area contributed by atoms with Crippen LogP contribution in [-0.4, -0.2) is 38.6 Å². The van der Waals surface area contributed by atoms with Gasteiger partial charge < -0.3 is 15.3 Å². The van der Waals surface area contributed by atoms with Crippen molar-refractivity contribution in [2.24, 2.45) is 5.41 Å². The second kappa shape index (κ2) is 13.0. The number of rotatable bonds is 13. The number of aryl methyl sites for hydroxylation is 1.